The first-order chi connectivity index (χ1) is 9.58. The Hall–Kier alpha value is -2.39. The van der Waals surface area contributed by atoms with E-state index in [0.29, 0.717) is 16.1 Å². The molecule has 0 bridgehead atoms. The van der Waals surface area contributed by atoms with E-state index in [-0.39, 0.29) is 11.3 Å². The lowest BCUT2D eigenvalue weighted by Gasteiger charge is -2.00. The summed E-state index contributed by atoms with van der Waals surface area (Å²) >= 11 is 5.75. The second-order valence-electron chi connectivity index (χ2n) is 4.10. The van der Waals surface area contributed by atoms with Crippen molar-refractivity contribution in [2.75, 3.05) is 0 Å². The number of aromatic carboxylic acids is 1. The van der Waals surface area contributed by atoms with Crippen LogP contribution in [0.1, 0.15) is 26.3 Å². The van der Waals surface area contributed by atoms with Crippen LogP contribution in [0.5, 0.6) is 0 Å². The van der Waals surface area contributed by atoms with Gasteiger partial charge in [-0.1, -0.05) is 35.9 Å². The van der Waals surface area contributed by atoms with Crippen LogP contribution in [0.15, 0.2) is 54.6 Å². The molecule has 2 aromatic rings. The van der Waals surface area contributed by atoms with Gasteiger partial charge in [0, 0.05) is 10.6 Å². The smallest absolute Gasteiger partial charge is 0.336 e. The monoisotopic (exact) mass is 286 g/mol. The maximum absolute atomic E-state index is 11.9. The molecule has 0 saturated heterocycles. The van der Waals surface area contributed by atoms with Crippen LogP contribution in [0.3, 0.4) is 0 Å². The molecule has 0 radical (unpaired) electrons. The van der Waals surface area contributed by atoms with E-state index in [2.05, 4.69) is 0 Å². The summed E-state index contributed by atoms with van der Waals surface area (Å²) in [6, 6.07) is 13.0. The number of carboxylic acid groups (broad SMARTS) is 1. The van der Waals surface area contributed by atoms with Gasteiger partial charge in [0.1, 0.15) is 0 Å². The summed E-state index contributed by atoms with van der Waals surface area (Å²) in [5.74, 6) is -1.23. The average Bonchev–Trinajstić information content (AvgIpc) is 2.45. The minimum absolute atomic E-state index is 0.160. The second kappa shape index (κ2) is 6.17. The van der Waals surface area contributed by atoms with Gasteiger partial charge < -0.3 is 5.11 Å². The Morgan fingerprint density at radius 2 is 1.65 bits per heavy atom. The Bertz CT molecular complexity index is 672. The number of carboxylic acids is 1. The van der Waals surface area contributed by atoms with Crippen molar-refractivity contribution < 1.29 is 14.7 Å². The molecule has 100 valence electrons. The van der Waals surface area contributed by atoms with Crippen LogP contribution in [-0.2, 0) is 0 Å². The molecule has 0 amide bonds. The molecule has 0 aromatic heterocycles. The van der Waals surface area contributed by atoms with Crippen LogP contribution in [0.25, 0.3) is 6.08 Å². The van der Waals surface area contributed by atoms with E-state index in [0.717, 1.165) is 0 Å². The van der Waals surface area contributed by atoms with E-state index in [1.165, 1.54) is 18.2 Å². The molecule has 2 rings (SSSR count). The third-order valence-corrected chi connectivity index (χ3v) is 2.99. The molecule has 0 atom stereocenters. The number of hydrogen-bond donors (Lipinski definition) is 1. The highest BCUT2D eigenvalue weighted by atomic mass is 35.5. The number of allylic oxidation sites excluding steroid dienone is 1. The average molecular weight is 287 g/mol. The van der Waals surface area contributed by atoms with Gasteiger partial charge in [-0.25, -0.2) is 4.79 Å². The lowest BCUT2D eigenvalue weighted by atomic mass is 10.1. The number of rotatable bonds is 4. The van der Waals surface area contributed by atoms with Crippen molar-refractivity contribution in [3.8, 4) is 0 Å². The van der Waals surface area contributed by atoms with Gasteiger partial charge in [-0.15, -0.1) is 0 Å². The van der Waals surface area contributed by atoms with Gasteiger partial charge in [0.2, 0.25) is 0 Å². The van der Waals surface area contributed by atoms with Gasteiger partial charge >= 0.3 is 5.97 Å². The van der Waals surface area contributed by atoms with Crippen LogP contribution in [0, 0.1) is 0 Å². The van der Waals surface area contributed by atoms with Gasteiger partial charge in [-0.3, -0.25) is 4.79 Å². The van der Waals surface area contributed by atoms with Gasteiger partial charge in [0.25, 0.3) is 0 Å². The minimum Gasteiger partial charge on any atom is -0.478 e. The molecular formula is C16H11ClO3. The molecule has 1 N–H and O–H groups in total. The Morgan fingerprint density at radius 1 is 1.00 bits per heavy atom. The molecular weight excluding hydrogens is 276 g/mol. The maximum Gasteiger partial charge on any atom is 0.336 e. The fourth-order valence-corrected chi connectivity index (χ4v) is 1.84. The van der Waals surface area contributed by atoms with E-state index in [1.54, 1.807) is 42.5 Å². The standard InChI is InChI=1S/C16H11ClO3/c17-13-8-5-12(6-9-13)15(18)10-7-11-3-1-2-4-14(11)16(19)20/h1-10H,(H,19,20)/b10-7+. The summed E-state index contributed by atoms with van der Waals surface area (Å²) < 4.78 is 0. The number of ketones is 1. The predicted molar refractivity (Wildman–Crippen MR) is 78.2 cm³/mol. The van der Waals surface area contributed by atoms with Gasteiger partial charge in [0.05, 0.1) is 5.56 Å². The molecule has 0 heterocycles. The summed E-state index contributed by atoms with van der Waals surface area (Å²) in [7, 11) is 0. The second-order valence-corrected chi connectivity index (χ2v) is 4.53. The molecule has 0 aliphatic carbocycles. The van der Waals surface area contributed by atoms with E-state index in [1.807, 2.05) is 0 Å². The molecule has 20 heavy (non-hydrogen) atoms. The fraction of sp³-hybridized carbons (Fsp3) is 0. The van der Waals surface area contributed by atoms with Crippen LogP contribution in [0.2, 0.25) is 5.02 Å². The predicted octanol–water partition coefficient (Wildman–Crippen LogP) is 3.93. The number of halogens is 1. The van der Waals surface area contributed by atoms with Crippen LogP contribution in [0.4, 0.5) is 0 Å². The molecule has 3 nitrogen and oxygen atoms in total. The number of carbonyl (C=O) groups excluding carboxylic acids is 1. The zero-order chi connectivity index (χ0) is 14.5. The topological polar surface area (TPSA) is 54.4 Å². The number of carbonyl (C=O) groups is 2. The quantitative estimate of drug-likeness (QED) is 0.684. The normalized spacial score (nSPS) is 10.7. The first-order valence-corrected chi connectivity index (χ1v) is 6.26. The molecule has 4 heteroatoms. The summed E-state index contributed by atoms with van der Waals surface area (Å²) in [5, 5.41) is 9.60. The van der Waals surface area contributed by atoms with Crippen LogP contribution < -0.4 is 0 Å². The van der Waals surface area contributed by atoms with Gasteiger partial charge in [-0.05, 0) is 42.0 Å². The molecule has 0 aliphatic heterocycles. The third-order valence-electron chi connectivity index (χ3n) is 2.73. The fourth-order valence-electron chi connectivity index (χ4n) is 1.71. The van der Waals surface area contributed by atoms with Crippen molar-refractivity contribution in [1.29, 1.82) is 0 Å². The summed E-state index contributed by atoms with van der Waals surface area (Å²) in [4.78, 5) is 23.0. The largest absolute Gasteiger partial charge is 0.478 e. The van der Waals surface area contributed by atoms with Crippen molar-refractivity contribution in [2.24, 2.45) is 0 Å². The zero-order valence-electron chi connectivity index (χ0n) is 10.4. The minimum atomic E-state index is -1.02. The molecule has 0 aliphatic rings. The van der Waals surface area contributed by atoms with E-state index in [9.17, 15) is 9.59 Å². The Balaban J connectivity index is 2.23. The van der Waals surface area contributed by atoms with Crippen LogP contribution >= 0.6 is 11.6 Å². The van der Waals surface area contributed by atoms with Crippen molar-refractivity contribution >= 4 is 29.4 Å². The summed E-state index contributed by atoms with van der Waals surface area (Å²) in [6.45, 7) is 0. The van der Waals surface area contributed by atoms with E-state index < -0.39 is 5.97 Å². The Labute approximate surface area is 121 Å². The lowest BCUT2D eigenvalue weighted by Crippen LogP contribution is -1.99. The summed E-state index contributed by atoms with van der Waals surface area (Å²) in [5.41, 5.74) is 1.15. The first kappa shape index (κ1) is 14.0. The van der Waals surface area contributed by atoms with Crippen LogP contribution in [-0.4, -0.2) is 16.9 Å². The van der Waals surface area contributed by atoms with E-state index >= 15 is 0 Å². The number of hydrogen-bond acceptors (Lipinski definition) is 2. The molecule has 0 fully saturated rings. The zero-order valence-corrected chi connectivity index (χ0v) is 11.2. The van der Waals surface area contributed by atoms with E-state index in [4.69, 9.17) is 16.7 Å². The SMILES string of the molecule is O=C(/C=C/c1ccccc1C(=O)O)c1ccc(Cl)cc1. The first-order valence-electron chi connectivity index (χ1n) is 5.88. The Kier molecular flexibility index (Phi) is 4.33. The molecule has 0 saturated carbocycles. The number of benzene rings is 2. The Morgan fingerprint density at radius 3 is 2.30 bits per heavy atom. The van der Waals surface area contributed by atoms with Crippen molar-refractivity contribution in [3.05, 3.63) is 76.3 Å². The van der Waals surface area contributed by atoms with Gasteiger partial charge in [0.15, 0.2) is 5.78 Å². The summed E-state index contributed by atoms with van der Waals surface area (Å²) in [6.07, 6.45) is 2.85. The van der Waals surface area contributed by atoms with Crippen molar-refractivity contribution in [1.82, 2.24) is 0 Å². The third kappa shape index (κ3) is 3.33. The molecule has 2 aromatic carbocycles. The molecule has 0 spiro atoms. The van der Waals surface area contributed by atoms with Crippen molar-refractivity contribution in [2.45, 2.75) is 0 Å². The highest BCUT2D eigenvalue weighted by Crippen LogP contribution is 2.13. The maximum atomic E-state index is 11.9. The highest BCUT2D eigenvalue weighted by Gasteiger charge is 2.07. The van der Waals surface area contributed by atoms with Gasteiger partial charge in [-0.2, -0.15) is 0 Å². The van der Waals surface area contributed by atoms with Crippen molar-refractivity contribution in [3.63, 3.8) is 0 Å². The molecule has 0 unspecified atom stereocenters. The lowest BCUT2D eigenvalue weighted by molar-refractivity contribution is 0.0696. The highest BCUT2D eigenvalue weighted by molar-refractivity contribution is 6.30.